The minimum Gasteiger partial charge on any atom is -0.508 e. The molecule has 0 amide bonds. The van der Waals surface area contributed by atoms with Crippen LogP contribution in [0.1, 0.15) is 5.56 Å². The van der Waals surface area contributed by atoms with E-state index < -0.39 is 10.0 Å². The maximum atomic E-state index is 12.1. The van der Waals surface area contributed by atoms with Crippen LogP contribution in [0.2, 0.25) is 0 Å². The van der Waals surface area contributed by atoms with Gasteiger partial charge in [-0.05, 0) is 29.8 Å². The number of benzene rings is 2. The second kappa shape index (κ2) is 5.63. The van der Waals surface area contributed by atoms with Gasteiger partial charge in [-0.25, -0.2) is 8.42 Å². The summed E-state index contributed by atoms with van der Waals surface area (Å²) >= 11 is 0. The molecule has 2 N–H and O–H groups in total. The third kappa shape index (κ3) is 3.28. The Morgan fingerprint density at radius 3 is 2.45 bits per heavy atom. The average molecular weight is 288 g/mol. The molecule has 0 spiro atoms. The minimum atomic E-state index is -3.71. The van der Waals surface area contributed by atoms with E-state index in [1.807, 2.05) is 6.07 Å². The smallest absolute Gasteiger partial charge is 0.261 e. The zero-order chi connectivity index (χ0) is 14.6. The number of nitrogens with zero attached hydrogens (tertiary/aromatic N) is 1. The van der Waals surface area contributed by atoms with Crippen molar-refractivity contribution in [3.8, 4) is 11.8 Å². The van der Waals surface area contributed by atoms with Crippen molar-refractivity contribution in [1.29, 1.82) is 5.26 Å². The van der Waals surface area contributed by atoms with Gasteiger partial charge in [-0.15, -0.1) is 0 Å². The Balaban J connectivity index is 2.24. The summed E-state index contributed by atoms with van der Waals surface area (Å²) in [6.07, 6.45) is 0.236. The Morgan fingerprint density at radius 2 is 1.85 bits per heavy atom. The van der Waals surface area contributed by atoms with Gasteiger partial charge >= 0.3 is 0 Å². The number of aromatic hydroxyl groups is 1. The lowest BCUT2D eigenvalue weighted by Gasteiger charge is -2.08. The van der Waals surface area contributed by atoms with Crippen molar-refractivity contribution >= 4 is 15.7 Å². The van der Waals surface area contributed by atoms with Crippen molar-refractivity contribution in [2.75, 3.05) is 4.72 Å². The van der Waals surface area contributed by atoms with E-state index in [-0.39, 0.29) is 22.8 Å². The molecule has 0 aliphatic carbocycles. The summed E-state index contributed by atoms with van der Waals surface area (Å²) in [5.74, 6) is -0.0189. The Hall–Kier alpha value is -2.52. The van der Waals surface area contributed by atoms with Crippen LogP contribution in [-0.2, 0) is 16.4 Å². The first-order valence-electron chi connectivity index (χ1n) is 5.79. The molecule has 0 bridgehead atoms. The van der Waals surface area contributed by atoms with Crippen LogP contribution in [0.15, 0.2) is 53.4 Å². The van der Waals surface area contributed by atoms with Crippen LogP contribution < -0.4 is 4.72 Å². The van der Waals surface area contributed by atoms with E-state index in [9.17, 15) is 13.5 Å². The van der Waals surface area contributed by atoms with E-state index in [0.29, 0.717) is 0 Å². The third-order valence-electron chi connectivity index (χ3n) is 2.62. The molecular weight excluding hydrogens is 276 g/mol. The molecule has 2 rings (SSSR count). The van der Waals surface area contributed by atoms with E-state index in [1.54, 1.807) is 24.3 Å². The van der Waals surface area contributed by atoms with E-state index in [1.165, 1.54) is 24.3 Å². The molecule has 20 heavy (non-hydrogen) atoms. The number of sulfonamides is 1. The molecule has 0 aromatic heterocycles. The predicted octanol–water partition coefficient (Wildman–Crippen LogP) is 2.26. The normalized spacial score (nSPS) is 10.8. The molecule has 5 nitrogen and oxygen atoms in total. The first-order valence-corrected chi connectivity index (χ1v) is 7.27. The number of anilines is 1. The van der Waals surface area contributed by atoms with Crippen LogP contribution in [0.3, 0.4) is 0 Å². The fraction of sp³-hybridized carbons (Fsp3) is 0.0714. The summed E-state index contributed by atoms with van der Waals surface area (Å²) in [7, 11) is -3.71. The fourth-order valence-electron chi connectivity index (χ4n) is 1.66. The SMILES string of the molecule is N#CCc1ccc(S(=O)(=O)Nc2cccc(O)c2)cc1. The van der Waals surface area contributed by atoms with Gasteiger partial charge in [-0.2, -0.15) is 5.26 Å². The second-order valence-corrected chi connectivity index (χ2v) is 5.82. The summed E-state index contributed by atoms with van der Waals surface area (Å²) < 4.78 is 26.6. The van der Waals surface area contributed by atoms with Crippen molar-refractivity contribution in [3.05, 3.63) is 54.1 Å². The Bertz CT molecular complexity index is 747. The molecule has 0 saturated carbocycles. The summed E-state index contributed by atoms with van der Waals surface area (Å²) in [4.78, 5) is 0.0996. The molecule has 0 unspecified atom stereocenters. The molecule has 0 aliphatic rings. The van der Waals surface area contributed by atoms with E-state index >= 15 is 0 Å². The van der Waals surface area contributed by atoms with Crippen molar-refractivity contribution in [1.82, 2.24) is 0 Å². The highest BCUT2D eigenvalue weighted by Gasteiger charge is 2.14. The molecule has 6 heteroatoms. The molecule has 0 aliphatic heterocycles. The molecule has 0 atom stereocenters. The molecule has 0 fully saturated rings. The molecule has 0 radical (unpaired) electrons. The lowest BCUT2D eigenvalue weighted by Crippen LogP contribution is -2.12. The van der Waals surface area contributed by atoms with Gasteiger partial charge < -0.3 is 5.11 Å². The zero-order valence-electron chi connectivity index (χ0n) is 10.4. The van der Waals surface area contributed by atoms with Crippen LogP contribution in [0.5, 0.6) is 5.75 Å². The highest BCUT2D eigenvalue weighted by atomic mass is 32.2. The first kappa shape index (κ1) is 13.9. The van der Waals surface area contributed by atoms with Crippen LogP contribution in [-0.4, -0.2) is 13.5 Å². The highest BCUT2D eigenvalue weighted by molar-refractivity contribution is 7.92. The second-order valence-electron chi connectivity index (χ2n) is 4.13. The lowest BCUT2D eigenvalue weighted by atomic mass is 10.2. The van der Waals surface area contributed by atoms with Crippen LogP contribution in [0.25, 0.3) is 0 Å². The molecule has 102 valence electrons. The van der Waals surface area contributed by atoms with E-state index in [0.717, 1.165) is 5.56 Å². The summed E-state index contributed by atoms with van der Waals surface area (Å²) in [5.41, 5.74) is 1.04. The number of rotatable bonds is 4. The van der Waals surface area contributed by atoms with Gasteiger partial charge in [0.05, 0.1) is 23.1 Å². The Kier molecular flexibility index (Phi) is 3.91. The van der Waals surface area contributed by atoms with E-state index in [2.05, 4.69) is 4.72 Å². The lowest BCUT2D eigenvalue weighted by molar-refractivity contribution is 0.475. The van der Waals surface area contributed by atoms with Crippen molar-refractivity contribution in [3.63, 3.8) is 0 Å². The average Bonchev–Trinajstić information content (AvgIpc) is 2.39. The molecular formula is C14H12N2O3S. The third-order valence-corrected chi connectivity index (χ3v) is 4.01. The van der Waals surface area contributed by atoms with Crippen LogP contribution in [0, 0.1) is 11.3 Å². The topological polar surface area (TPSA) is 90.2 Å². The number of nitrogens with one attached hydrogen (secondary N) is 1. The van der Waals surface area contributed by atoms with Crippen molar-refractivity contribution < 1.29 is 13.5 Å². The van der Waals surface area contributed by atoms with Gasteiger partial charge in [0.25, 0.3) is 10.0 Å². The number of hydrogen-bond acceptors (Lipinski definition) is 4. The van der Waals surface area contributed by atoms with Crippen LogP contribution >= 0.6 is 0 Å². The summed E-state index contributed by atoms with van der Waals surface area (Å²) in [6.45, 7) is 0. The minimum absolute atomic E-state index is 0.0189. The van der Waals surface area contributed by atoms with Gasteiger partial charge in [0.2, 0.25) is 0 Å². The van der Waals surface area contributed by atoms with Gasteiger partial charge in [0, 0.05) is 6.07 Å². The summed E-state index contributed by atoms with van der Waals surface area (Å²) in [6, 6.07) is 13.9. The largest absolute Gasteiger partial charge is 0.508 e. The maximum absolute atomic E-state index is 12.1. The molecule has 2 aromatic rings. The number of hydrogen-bond donors (Lipinski definition) is 2. The highest BCUT2D eigenvalue weighted by Crippen LogP contribution is 2.20. The van der Waals surface area contributed by atoms with Gasteiger partial charge in [-0.3, -0.25) is 4.72 Å². The van der Waals surface area contributed by atoms with Gasteiger partial charge in [0.1, 0.15) is 5.75 Å². The summed E-state index contributed by atoms with van der Waals surface area (Å²) in [5, 5.41) is 17.9. The Labute approximate surface area is 117 Å². The zero-order valence-corrected chi connectivity index (χ0v) is 11.3. The fourth-order valence-corrected chi connectivity index (χ4v) is 2.71. The van der Waals surface area contributed by atoms with Gasteiger partial charge in [0.15, 0.2) is 0 Å². The number of phenols is 1. The monoisotopic (exact) mass is 288 g/mol. The molecule has 2 aromatic carbocycles. The Morgan fingerprint density at radius 1 is 1.15 bits per heavy atom. The standard InChI is InChI=1S/C14H12N2O3S/c15-9-8-11-4-6-14(7-5-11)20(18,19)16-12-2-1-3-13(17)10-12/h1-7,10,16-17H,8H2. The maximum Gasteiger partial charge on any atom is 0.261 e. The number of phenolic OH excluding ortho intramolecular Hbond substituents is 1. The van der Waals surface area contributed by atoms with Gasteiger partial charge in [-0.1, -0.05) is 18.2 Å². The van der Waals surface area contributed by atoms with Crippen molar-refractivity contribution in [2.45, 2.75) is 11.3 Å². The first-order chi connectivity index (χ1) is 9.51. The number of nitriles is 1. The van der Waals surface area contributed by atoms with Crippen LogP contribution in [0.4, 0.5) is 5.69 Å². The predicted molar refractivity (Wildman–Crippen MR) is 74.7 cm³/mol. The molecule has 0 heterocycles. The van der Waals surface area contributed by atoms with Crippen molar-refractivity contribution in [2.24, 2.45) is 0 Å². The molecule has 0 saturated heterocycles. The van der Waals surface area contributed by atoms with E-state index in [4.69, 9.17) is 5.26 Å². The quantitative estimate of drug-likeness (QED) is 0.903.